The molecule has 6 heteroatoms. The number of hydrogen-bond acceptors (Lipinski definition) is 3. The lowest BCUT2D eigenvalue weighted by molar-refractivity contribution is 0.687. The summed E-state index contributed by atoms with van der Waals surface area (Å²) in [6.07, 6.45) is 1.69. The first-order chi connectivity index (χ1) is 7.66. The van der Waals surface area contributed by atoms with Crippen LogP contribution in [0.2, 0.25) is 0 Å². The van der Waals surface area contributed by atoms with Gasteiger partial charge in [0.1, 0.15) is 0 Å². The van der Waals surface area contributed by atoms with Gasteiger partial charge in [0.25, 0.3) is 0 Å². The molecule has 2 rings (SSSR count). The Labute approximate surface area is 107 Å². The standard InChI is InChI=1S/C10H9BrN4S/c11-8-3-1-2-7(4-8)9-5-13-14-15(9)6-10(12)16/h1-5H,6H2,(H2,12,16). The Morgan fingerprint density at radius 2 is 2.31 bits per heavy atom. The number of thiocarbonyl (C=S) groups is 1. The van der Waals surface area contributed by atoms with E-state index >= 15 is 0 Å². The molecule has 0 fully saturated rings. The second-order valence-electron chi connectivity index (χ2n) is 3.25. The van der Waals surface area contributed by atoms with Crippen LogP contribution in [0.4, 0.5) is 0 Å². The first-order valence-corrected chi connectivity index (χ1v) is 5.79. The van der Waals surface area contributed by atoms with E-state index in [1.165, 1.54) is 0 Å². The molecule has 0 saturated carbocycles. The molecule has 1 aromatic heterocycles. The quantitative estimate of drug-likeness (QED) is 0.880. The maximum Gasteiger partial charge on any atom is 0.0946 e. The molecule has 1 heterocycles. The molecule has 0 aliphatic heterocycles. The van der Waals surface area contributed by atoms with Crippen LogP contribution in [0, 0.1) is 0 Å². The Morgan fingerprint density at radius 3 is 3.00 bits per heavy atom. The zero-order valence-electron chi connectivity index (χ0n) is 8.30. The Hall–Kier alpha value is -1.27. The largest absolute Gasteiger partial charge is 0.392 e. The van der Waals surface area contributed by atoms with Crippen LogP contribution < -0.4 is 5.73 Å². The van der Waals surface area contributed by atoms with E-state index in [4.69, 9.17) is 18.0 Å². The lowest BCUT2D eigenvalue weighted by Crippen LogP contribution is -2.18. The Bertz CT molecular complexity index is 523. The molecule has 2 N–H and O–H groups in total. The monoisotopic (exact) mass is 296 g/mol. The zero-order chi connectivity index (χ0) is 11.5. The third-order valence-electron chi connectivity index (χ3n) is 2.04. The van der Waals surface area contributed by atoms with Crippen LogP contribution in [-0.2, 0) is 6.54 Å². The summed E-state index contributed by atoms with van der Waals surface area (Å²) >= 11 is 8.28. The molecule has 2 aromatic rings. The fourth-order valence-corrected chi connectivity index (χ4v) is 1.91. The third-order valence-corrected chi connectivity index (χ3v) is 2.67. The van der Waals surface area contributed by atoms with Crippen molar-refractivity contribution in [2.45, 2.75) is 6.54 Å². The van der Waals surface area contributed by atoms with Gasteiger partial charge < -0.3 is 5.73 Å². The van der Waals surface area contributed by atoms with Gasteiger partial charge in [0.05, 0.1) is 23.4 Å². The summed E-state index contributed by atoms with van der Waals surface area (Å²) in [4.78, 5) is 0.391. The second-order valence-corrected chi connectivity index (χ2v) is 4.69. The number of aromatic nitrogens is 3. The normalized spacial score (nSPS) is 10.3. The molecule has 0 bridgehead atoms. The first-order valence-electron chi connectivity index (χ1n) is 4.59. The van der Waals surface area contributed by atoms with Crippen LogP contribution >= 0.6 is 28.1 Å². The van der Waals surface area contributed by atoms with Crippen molar-refractivity contribution < 1.29 is 0 Å². The predicted molar refractivity (Wildman–Crippen MR) is 69.9 cm³/mol. The lowest BCUT2D eigenvalue weighted by atomic mass is 10.2. The van der Waals surface area contributed by atoms with Gasteiger partial charge in [-0.1, -0.05) is 45.5 Å². The van der Waals surface area contributed by atoms with E-state index in [0.717, 1.165) is 15.7 Å². The summed E-state index contributed by atoms with van der Waals surface area (Å²) in [6.45, 7) is 0.400. The maximum absolute atomic E-state index is 5.49. The van der Waals surface area contributed by atoms with E-state index in [1.807, 2.05) is 24.3 Å². The molecule has 1 aromatic carbocycles. The molecule has 4 nitrogen and oxygen atoms in total. The van der Waals surface area contributed by atoms with Crippen molar-refractivity contribution in [1.29, 1.82) is 0 Å². The molecular weight excluding hydrogens is 288 g/mol. The summed E-state index contributed by atoms with van der Waals surface area (Å²) in [5, 5.41) is 7.81. The smallest absolute Gasteiger partial charge is 0.0946 e. The number of halogens is 1. The summed E-state index contributed by atoms with van der Waals surface area (Å²) in [5.74, 6) is 0. The number of nitrogens with zero attached hydrogens (tertiary/aromatic N) is 3. The van der Waals surface area contributed by atoms with E-state index < -0.39 is 0 Å². The van der Waals surface area contributed by atoms with Crippen molar-refractivity contribution in [2.75, 3.05) is 0 Å². The molecule has 16 heavy (non-hydrogen) atoms. The number of hydrogen-bond donors (Lipinski definition) is 1. The minimum Gasteiger partial charge on any atom is -0.392 e. The molecule has 0 saturated heterocycles. The summed E-state index contributed by atoms with van der Waals surface area (Å²) < 4.78 is 2.69. The van der Waals surface area contributed by atoms with Gasteiger partial charge in [-0.25, -0.2) is 4.68 Å². The van der Waals surface area contributed by atoms with Gasteiger partial charge in [0.15, 0.2) is 0 Å². The van der Waals surface area contributed by atoms with Gasteiger partial charge in [-0.05, 0) is 12.1 Å². The second kappa shape index (κ2) is 4.71. The third kappa shape index (κ3) is 2.45. The maximum atomic E-state index is 5.49. The minimum absolute atomic E-state index is 0.391. The molecular formula is C10H9BrN4S. The van der Waals surface area contributed by atoms with Crippen molar-refractivity contribution in [2.24, 2.45) is 5.73 Å². The molecule has 0 spiro atoms. The molecule has 0 amide bonds. The topological polar surface area (TPSA) is 56.7 Å². The zero-order valence-corrected chi connectivity index (χ0v) is 10.7. The van der Waals surface area contributed by atoms with Crippen LogP contribution in [-0.4, -0.2) is 20.0 Å². The highest BCUT2D eigenvalue weighted by Gasteiger charge is 2.07. The van der Waals surface area contributed by atoms with Crippen molar-refractivity contribution in [3.8, 4) is 11.3 Å². The van der Waals surface area contributed by atoms with Gasteiger partial charge >= 0.3 is 0 Å². The van der Waals surface area contributed by atoms with Gasteiger partial charge in [0, 0.05) is 10.0 Å². The van der Waals surface area contributed by atoms with E-state index in [0.29, 0.717) is 11.5 Å². The summed E-state index contributed by atoms with van der Waals surface area (Å²) in [6, 6.07) is 7.90. The number of rotatable bonds is 3. The van der Waals surface area contributed by atoms with Crippen LogP contribution in [0.15, 0.2) is 34.9 Å². The molecule has 0 aliphatic carbocycles. The highest BCUT2D eigenvalue weighted by atomic mass is 79.9. The SMILES string of the molecule is NC(=S)Cn1nncc1-c1cccc(Br)c1. The van der Waals surface area contributed by atoms with Crippen molar-refractivity contribution in [3.63, 3.8) is 0 Å². The molecule has 82 valence electrons. The van der Waals surface area contributed by atoms with Gasteiger partial charge in [-0.3, -0.25) is 0 Å². The molecule has 0 atom stereocenters. The Balaban J connectivity index is 2.40. The van der Waals surface area contributed by atoms with Crippen molar-refractivity contribution in [3.05, 3.63) is 34.9 Å². The average Bonchev–Trinajstić information content (AvgIpc) is 2.65. The van der Waals surface area contributed by atoms with Crippen LogP contribution in [0.3, 0.4) is 0 Å². The van der Waals surface area contributed by atoms with Gasteiger partial charge in [-0.2, -0.15) is 0 Å². The first kappa shape index (κ1) is 11.2. The van der Waals surface area contributed by atoms with Crippen molar-refractivity contribution >= 4 is 33.1 Å². The predicted octanol–water partition coefficient (Wildman–Crippen LogP) is 1.99. The van der Waals surface area contributed by atoms with Crippen LogP contribution in [0.1, 0.15) is 0 Å². The van der Waals surface area contributed by atoms with Crippen LogP contribution in [0.5, 0.6) is 0 Å². The van der Waals surface area contributed by atoms with E-state index in [-0.39, 0.29) is 0 Å². The van der Waals surface area contributed by atoms with Gasteiger partial charge in [0.2, 0.25) is 0 Å². The average molecular weight is 297 g/mol. The number of benzene rings is 1. The molecule has 0 aliphatic rings. The summed E-state index contributed by atoms with van der Waals surface area (Å²) in [7, 11) is 0. The molecule has 0 radical (unpaired) electrons. The van der Waals surface area contributed by atoms with Crippen LogP contribution in [0.25, 0.3) is 11.3 Å². The highest BCUT2D eigenvalue weighted by molar-refractivity contribution is 9.10. The minimum atomic E-state index is 0.391. The van der Waals surface area contributed by atoms with E-state index in [1.54, 1.807) is 10.9 Å². The fourth-order valence-electron chi connectivity index (χ4n) is 1.39. The van der Waals surface area contributed by atoms with Gasteiger partial charge in [-0.15, -0.1) is 5.10 Å². The van der Waals surface area contributed by atoms with E-state index in [9.17, 15) is 0 Å². The Kier molecular flexibility index (Phi) is 3.31. The molecule has 0 unspecified atom stereocenters. The fraction of sp³-hybridized carbons (Fsp3) is 0.100. The van der Waals surface area contributed by atoms with Crippen molar-refractivity contribution in [1.82, 2.24) is 15.0 Å². The van der Waals surface area contributed by atoms with E-state index in [2.05, 4.69) is 26.2 Å². The number of nitrogens with two attached hydrogens (primary N) is 1. The lowest BCUT2D eigenvalue weighted by Gasteiger charge is -2.05. The summed E-state index contributed by atoms with van der Waals surface area (Å²) in [5.41, 5.74) is 7.42. The Morgan fingerprint density at radius 1 is 1.50 bits per heavy atom. The highest BCUT2D eigenvalue weighted by Crippen LogP contribution is 2.21.